The van der Waals surface area contributed by atoms with Crippen LogP contribution < -0.4 is 5.32 Å². The van der Waals surface area contributed by atoms with Crippen molar-refractivity contribution in [3.63, 3.8) is 0 Å². The van der Waals surface area contributed by atoms with E-state index in [1.54, 1.807) is 0 Å². The second-order valence-corrected chi connectivity index (χ2v) is 3.93. The molecule has 2 rings (SSSR count). The molecule has 1 aliphatic rings. The highest BCUT2D eigenvalue weighted by molar-refractivity contribution is 5.23. The van der Waals surface area contributed by atoms with Gasteiger partial charge in [0, 0.05) is 17.8 Å². The van der Waals surface area contributed by atoms with Gasteiger partial charge in [0.25, 0.3) is 0 Å². The van der Waals surface area contributed by atoms with Gasteiger partial charge in [-0.25, -0.2) is 0 Å². The Bertz CT molecular complexity index is 290. The number of aromatic nitrogens is 1. The summed E-state index contributed by atoms with van der Waals surface area (Å²) >= 11 is 0. The SMILES string of the molecule is CCc1cccnc1C1CCNCC1. The highest BCUT2D eigenvalue weighted by Gasteiger charge is 2.18. The second-order valence-electron chi connectivity index (χ2n) is 3.93. The third kappa shape index (κ3) is 1.95. The van der Waals surface area contributed by atoms with Gasteiger partial charge in [0.15, 0.2) is 0 Å². The maximum Gasteiger partial charge on any atom is 0.0467 e. The Morgan fingerprint density at radius 2 is 2.21 bits per heavy atom. The zero-order valence-corrected chi connectivity index (χ0v) is 8.79. The third-order valence-corrected chi connectivity index (χ3v) is 3.03. The van der Waals surface area contributed by atoms with Gasteiger partial charge in [-0.05, 0) is 44.0 Å². The largest absolute Gasteiger partial charge is 0.317 e. The quantitative estimate of drug-likeness (QED) is 0.772. The summed E-state index contributed by atoms with van der Waals surface area (Å²) in [6.07, 6.45) is 5.51. The van der Waals surface area contributed by atoms with E-state index in [-0.39, 0.29) is 0 Å². The van der Waals surface area contributed by atoms with Crippen molar-refractivity contribution >= 4 is 0 Å². The van der Waals surface area contributed by atoms with Crippen molar-refractivity contribution in [1.82, 2.24) is 10.3 Å². The molecule has 1 N–H and O–H groups in total. The highest BCUT2D eigenvalue weighted by Crippen LogP contribution is 2.26. The molecule has 1 aromatic rings. The number of pyridine rings is 1. The van der Waals surface area contributed by atoms with Crippen LogP contribution in [0, 0.1) is 0 Å². The average Bonchev–Trinajstić information content (AvgIpc) is 2.30. The molecule has 0 unspecified atom stereocenters. The maximum atomic E-state index is 4.55. The first-order valence-corrected chi connectivity index (χ1v) is 5.56. The molecule has 0 atom stereocenters. The molecule has 1 fully saturated rings. The number of rotatable bonds is 2. The van der Waals surface area contributed by atoms with Crippen molar-refractivity contribution in [3.05, 3.63) is 29.6 Å². The summed E-state index contributed by atoms with van der Waals surface area (Å²) in [5.41, 5.74) is 2.77. The Hall–Kier alpha value is -0.890. The van der Waals surface area contributed by atoms with Crippen LogP contribution in [0.5, 0.6) is 0 Å². The van der Waals surface area contributed by atoms with Crippen LogP contribution in [0.4, 0.5) is 0 Å². The van der Waals surface area contributed by atoms with E-state index >= 15 is 0 Å². The van der Waals surface area contributed by atoms with E-state index in [4.69, 9.17) is 0 Å². The average molecular weight is 190 g/mol. The smallest absolute Gasteiger partial charge is 0.0467 e. The van der Waals surface area contributed by atoms with Gasteiger partial charge in [-0.2, -0.15) is 0 Å². The molecule has 1 aromatic heterocycles. The molecule has 0 amide bonds. The Kier molecular flexibility index (Phi) is 3.14. The van der Waals surface area contributed by atoms with Crippen LogP contribution in [0.3, 0.4) is 0 Å². The van der Waals surface area contributed by atoms with Crippen LogP contribution in [0.1, 0.15) is 36.9 Å². The van der Waals surface area contributed by atoms with Gasteiger partial charge in [-0.3, -0.25) is 4.98 Å². The van der Waals surface area contributed by atoms with E-state index in [9.17, 15) is 0 Å². The van der Waals surface area contributed by atoms with Crippen molar-refractivity contribution in [2.45, 2.75) is 32.1 Å². The molecule has 2 heteroatoms. The van der Waals surface area contributed by atoms with Crippen molar-refractivity contribution in [2.75, 3.05) is 13.1 Å². The molecule has 0 aromatic carbocycles. The first kappa shape index (κ1) is 9.66. The van der Waals surface area contributed by atoms with Crippen LogP contribution in [-0.4, -0.2) is 18.1 Å². The summed E-state index contributed by atoms with van der Waals surface area (Å²) in [4.78, 5) is 4.55. The Morgan fingerprint density at radius 1 is 1.43 bits per heavy atom. The summed E-state index contributed by atoms with van der Waals surface area (Å²) in [5, 5.41) is 3.39. The van der Waals surface area contributed by atoms with E-state index in [0.29, 0.717) is 5.92 Å². The predicted molar refractivity (Wildman–Crippen MR) is 58.5 cm³/mol. The van der Waals surface area contributed by atoms with Gasteiger partial charge < -0.3 is 5.32 Å². The molecular weight excluding hydrogens is 172 g/mol. The van der Waals surface area contributed by atoms with Crippen molar-refractivity contribution in [3.8, 4) is 0 Å². The van der Waals surface area contributed by atoms with Crippen LogP contribution in [0.15, 0.2) is 18.3 Å². The number of piperidine rings is 1. The van der Waals surface area contributed by atoms with Crippen LogP contribution in [-0.2, 0) is 6.42 Å². The first-order valence-electron chi connectivity index (χ1n) is 5.56. The molecule has 1 aliphatic heterocycles. The number of aryl methyl sites for hydroxylation is 1. The Morgan fingerprint density at radius 3 is 2.93 bits per heavy atom. The maximum absolute atomic E-state index is 4.55. The molecule has 2 heterocycles. The normalized spacial score (nSPS) is 18.4. The summed E-state index contributed by atoms with van der Waals surface area (Å²) in [7, 11) is 0. The molecule has 0 aliphatic carbocycles. The first-order chi connectivity index (χ1) is 6.92. The molecule has 0 saturated carbocycles. The standard InChI is InChI=1S/C12H18N2/c1-2-10-4-3-7-14-12(10)11-5-8-13-9-6-11/h3-4,7,11,13H,2,5-6,8-9H2,1H3. The lowest BCUT2D eigenvalue weighted by atomic mass is 9.90. The van der Waals surface area contributed by atoms with Crippen LogP contribution >= 0.6 is 0 Å². The lowest BCUT2D eigenvalue weighted by molar-refractivity contribution is 0.451. The minimum Gasteiger partial charge on any atom is -0.317 e. The number of nitrogens with one attached hydrogen (secondary N) is 1. The molecule has 0 radical (unpaired) electrons. The van der Waals surface area contributed by atoms with Gasteiger partial charge in [0.1, 0.15) is 0 Å². The van der Waals surface area contributed by atoms with E-state index < -0.39 is 0 Å². The molecule has 2 nitrogen and oxygen atoms in total. The fourth-order valence-corrected chi connectivity index (χ4v) is 2.21. The van der Waals surface area contributed by atoms with Gasteiger partial charge in [0.2, 0.25) is 0 Å². The van der Waals surface area contributed by atoms with Gasteiger partial charge in [-0.15, -0.1) is 0 Å². The van der Waals surface area contributed by atoms with Crippen molar-refractivity contribution in [2.24, 2.45) is 0 Å². The lowest BCUT2D eigenvalue weighted by Gasteiger charge is -2.23. The Balaban J connectivity index is 2.20. The minimum absolute atomic E-state index is 0.687. The summed E-state index contributed by atoms with van der Waals surface area (Å²) in [5.74, 6) is 0.687. The van der Waals surface area contributed by atoms with E-state index in [0.717, 1.165) is 19.5 Å². The van der Waals surface area contributed by atoms with Gasteiger partial charge in [-0.1, -0.05) is 13.0 Å². The highest BCUT2D eigenvalue weighted by atomic mass is 14.9. The summed E-state index contributed by atoms with van der Waals surface area (Å²) < 4.78 is 0. The number of hydrogen-bond donors (Lipinski definition) is 1. The minimum atomic E-state index is 0.687. The lowest BCUT2D eigenvalue weighted by Crippen LogP contribution is -2.27. The van der Waals surface area contributed by atoms with Gasteiger partial charge in [0.05, 0.1) is 0 Å². The van der Waals surface area contributed by atoms with Crippen molar-refractivity contribution < 1.29 is 0 Å². The van der Waals surface area contributed by atoms with Gasteiger partial charge >= 0.3 is 0 Å². The number of nitrogens with zero attached hydrogens (tertiary/aromatic N) is 1. The summed E-state index contributed by atoms with van der Waals surface area (Å²) in [6, 6.07) is 4.26. The van der Waals surface area contributed by atoms with Crippen molar-refractivity contribution in [1.29, 1.82) is 0 Å². The molecule has 14 heavy (non-hydrogen) atoms. The molecule has 0 bridgehead atoms. The summed E-state index contributed by atoms with van der Waals surface area (Å²) in [6.45, 7) is 4.50. The number of hydrogen-bond acceptors (Lipinski definition) is 2. The molecular formula is C12H18N2. The fourth-order valence-electron chi connectivity index (χ4n) is 2.21. The zero-order valence-electron chi connectivity index (χ0n) is 8.79. The monoisotopic (exact) mass is 190 g/mol. The van der Waals surface area contributed by atoms with E-state index in [1.165, 1.54) is 24.1 Å². The Labute approximate surface area is 85.7 Å². The fraction of sp³-hybridized carbons (Fsp3) is 0.583. The van der Waals surface area contributed by atoms with Crippen LogP contribution in [0.2, 0.25) is 0 Å². The van der Waals surface area contributed by atoms with Crippen LogP contribution in [0.25, 0.3) is 0 Å². The molecule has 0 spiro atoms. The van der Waals surface area contributed by atoms with E-state index in [2.05, 4.69) is 23.3 Å². The topological polar surface area (TPSA) is 24.9 Å². The van der Waals surface area contributed by atoms with E-state index in [1.807, 2.05) is 12.3 Å². The predicted octanol–water partition coefficient (Wildman–Crippen LogP) is 2.11. The third-order valence-electron chi connectivity index (χ3n) is 3.03. The molecule has 1 saturated heterocycles. The zero-order chi connectivity index (χ0) is 9.80. The molecule has 76 valence electrons. The second kappa shape index (κ2) is 4.56.